The summed E-state index contributed by atoms with van der Waals surface area (Å²) in [5.74, 6) is -0.511. The van der Waals surface area contributed by atoms with Crippen molar-refractivity contribution in [2.45, 2.75) is 13.5 Å². The summed E-state index contributed by atoms with van der Waals surface area (Å²) >= 11 is 0. The fourth-order valence-electron chi connectivity index (χ4n) is 2.43. The van der Waals surface area contributed by atoms with Crippen LogP contribution in [0.5, 0.6) is 0 Å². The van der Waals surface area contributed by atoms with E-state index in [9.17, 15) is 9.59 Å². The molecule has 0 aliphatic rings. The molecule has 7 nitrogen and oxygen atoms in total. The van der Waals surface area contributed by atoms with Crippen molar-refractivity contribution < 1.29 is 9.59 Å². The number of amides is 2. The number of carbonyl (C=O) groups excluding carboxylic acids is 2. The van der Waals surface area contributed by atoms with Gasteiger partial charge in [-0.3, -0.25) is 19.6 Å². The van der Waals surface area contributed by atoms with Crippen LogP contribution in [0, 0.1) is 0 Å². The van der Waals surface area contributed by atoms with Crippen LogP contribution >= 0.6 is 0 Å². The molecule has 7 heteroatoms. The van der Waals surface area contributed by atoms with Crippen LogP contribution in [0.15, 0.2) is 67.0 Å². The van der Waals surface area contributed by atoms with E-state index in [-0.39, 0.29) is 17.5 Å². The summed E-state index contributed by atoms with van der Waals surface area (Å²) in [5.41, 5.74) is 3.13. The summed E-state index contributed by atoms with van der Waals surface area (Å²) in [6, 6.07) is 16.1. The van der Waals surface area contributed by atoms with E-state index in [0.717, 1.165) is 11.4 Å². The number of benzene rings is 1. The highest BCUT2D eigenvalue weighted by molar-refractivity contribution is 6.03. The summed E-state index contributed by atoms with van der Waals surface area (Å²) in [6.07, 6.45) is 3.31. The monoisotopic (exact) mass is 361 g/mol. The smallest absolute Gasteiger partial charge is 0.274 e. The van der Waals surface area contributed by atoms with Gasteiger partial charge in [-0.15, -0.1) is 0 Å². The summed E-state index contributed by atoms with van der Waals surface area (Å²) in [4.78, 5) is 32.0. The normalized spacial score (nSPS) is 10.1. The summed E-state index contributed by atoms with van der Waals surface area (Å²) in [5, 5.41) is 8.68. The molecule has 136 valence electrons. The maximum Gasteiger partial charge on any atom is 0.274 e. The molecule has 2 heterocycles. The molecule has 1 aromatic carbocycles. The zero-order chi connectivity index (χ0) is 19.1. The van der Waals surface area contributed by atoms with Crippen LogP contribution in [0.1, 0.15) is 23.1 Å². The Morgan fingerprint density at radius 1 is 0.852 bits per heavy atom. The molecule has 0 radical (unpaired) electrons. The first kappa shape index (κ1) is 18.1. The minimum atomic E-state index is -0.337. The molecule has 2 aromatic heterocycles. The van der Waals surface area contributed by atoms with Gasteiger partial charge in [-0.25, -0.2) is 0 Å². The Bertz CT molecular complexity index is 944. The Hall–Kier alpha value is -3.74. The first-order valence-electron chi connectivity index (χ1n) is 8.39. The molecule has 0 atom stereocenters. The summed E-state index contributed by atoms with van der Waals surface area (Å²) in [7, 11) is 0. The number of pyridine rings is 2. The van der Waals surface area contributed by atoms with Gasteiger partial charge in [0.2, 0.25) is 5.91 Å². The molecule has 3 rings (SSSR count). The molecule has 0 fully saturated rings. The van der Waals surface area contributed by atoms with Crippen molar-refractivity contribution in [3.05, 3.63) is 78.4 Å². The van der Waals surface area contributed by atoms with E-state index >= 15 is 0 Å². The van der Waals surface area contributed by atoms with Crippen molar-refractivity contribution in [1.82, 2.24) is 9.97 Å². The fraction of sp³-hybridized carbons (Fsp3) is 0.100. The standard InChI is InChI=1S/C20H19N5O2/c1-14(26)24-16-6-4-7-17(11-16)25-20(27)19-12-15(8-10-22-19)23-13-18-5-2-3-9-21-18/h2-12H,13H2,1H3,(H,22,23)(H,24,26)(H,25,27). The van der Waals surface area contributed by atoms with Crippen LogP contribution in [-0.4, -0.2) is 21.8 Å². The first-order chi connectivity index (χ1) is 13.1. The summed E-state index contributed by atoms with van der Waals surface area (Å²) < 4.78 is 0. The molecule has 2 amide bonds. The van der Waals surface area contributed by atoms with E-state index in [1.165, 1.54) is 6.92 Å². The van der Waals surface area contributed by atoms with E-state index in [4.69, 9.17) is 0 Å². The minimum absolute atomic E-state index is 0.174. The molecule has 3 N–H and O–H groups in total. The molecule has 0 aliphatic heterocycles. The Labute approximate surface area is 156 Å². The lowest BCUT2D eigenvalue weighted by atomic mass is 10.2. The van der Waals surface area contributed by atoms with Gasteiger partial charge in [0.15, 0.2) is 0 Å². The van der Waals surface area contributed by atoms with Crippen molar-refractivity contribution in [1.29, 1.82) is 0 Å². The highest BCUT2D eigenvalue weighted by Gasteiger charge is 2.09. The molecule has 0 saturated heterocycles. The SMILES string of the molecule is CC(=O)Nc1cccc(NC(=O)c2cc(NCc3ccccn3)ccn2)c1. The zero-order valence-electron chi connectivity index (χ0n) is 14.8. The van der Waals surface area contributed by atoms with Gasteiger partial charge in [0.05, 0.1) is 12.2 Å². The number of anilines is 3. The second-order valence-corrected chi connectivity index (χ2v) is 5.82. The molecule has 3 aromatic rings. The lowest BCUT2D eigenvalue weighted by Gasteiger charge is -2.09. The average Bonchev–Trinajstić information content (AvgIpc) is 2.67. The molecular formula is C20H19N5O2. The maximum absolute atomic E-state index is 12.5. The third-order valence-electron chi connectivity index (χ3n) is 3.63. The number of aromatic nitrogens is 2. The van der Waals surface area contributed by atoms with E-state index in [0.29, 0.717) is 17.9 Å². The van der Waals surface area contributed by atoms with Crippen LogP contribution in [0.25, 0.3) is 0 Å². The van der Waals surface area contributed by atoms with Crippen LogP contribution in [-0.2, 0) is 11.3 Å². The van der Waals surface area contributed by atoms with Crippen molar-refractivity contribution in [2.24, 2.45) is 0 Å². The number of nitrogens with zero attached hydrogens (tertiary/aromatic N) is 2. The Kier molecular flexibility index (Phi) is 5.73. The topological polar surface area (TPSA) is 96.0 Å². The first-order valence-corrected chi connectivity index (χ1v) is 8.39. The fourth-order valence-corrected chi connectivity index (χ4v) is 2.43. The molecule has 0 saturated carbocycles. The van der Waals surface area contributed by atoms with Gasteiger partial charge < -0.3 is 16.0 Å². The molecular weight excluding hydrogens is 342 g/mol. The largest absolute Gasteiger partial charge is 0.379 e. The van der Waals surface area contributed by atoms with Gasteiger partial charge in [0.1, 0.15) is 5.69 Å². The lowest BCUT2D eigenvalue weighted by Crippen LogP contribution is -2.14. The second kappa shape index (κ2) is 8.57. The summed E-state index contributed by atoms with van der Waals surface area (Å²) in [6.45, 7) is 1.98. The predicted octanol–water partition coefficient (Wildman–Crippen LogP) is 3.30. The minimum Gasteiger partial charge on any atom is -0.379 e. The van der Waals surface area contributed by atoms with Gasteiger partial charge in [0, 0.05) is 36.4 Å². The van der Waals surface area contributed by atoms with Crippen molar-refractivity contribution >= 4 is 28.9 Å². The van der Waals surface area contributed by atoms with Crippen LogP contribution in [0.4, 0.5) is 17.1 Å². The Balaban J connectivity index is 1.65. The van der Waals surface area contributed by atoms with E-state index in [1.807, 2.05) is 18.2 Å². The Morgan fingerprint density at radius 2 is 1.67 bits per heavy atom. The number of nitrogens with one attached hydrogen (secondary N) is 3. The van der Waals surface area contributed by atoms with Crippen LogP contribution < -0.4 is 16.0 Å². The van der Waals surface area contributed by atoms with Gasteiger partial charge in [-0.1, -0.05) is 12.1 Å². The maximum atomic E-state index is 12.5. The van der Waals surface area contributed by atoms with Gasteiger partial charge in [-0.2, -0.15) is 0 Å². The third-order valence-corrected chi connectivity index (χ3v) is 3.63. The third kappa shape index (κ3) is 5.37. The molecule has 0 aliphatic carbocycles. The quantitative estimate of drug-likeness (QED) is 0.626. The molecule has 27 heavy (non-hydrogen) atoms. The van der Waals surface area contributed by atoms with E-state index in [2.05, 4.69) is 25.9 Å². The van der Waals surface area contributed by atoms with Gasteiger partial charge in [0.25, 0.3) is 5.91 Å². The highest BCUT2D eigenvalue weighted by atomic mass is 16.2. The number of carbonyl (C=O) groups is 2. The van der Waals surface area contributed by atoms with Crippen molar-refractivity contribution in [3.63, 3.8) is 0 Å². The lowest BCUT2D eigenvalue weighted by molar-refractivity contribution is -0.114. The van der Waals surface area contributed by atoms with Gasteiger partial charge >= 0.3 is 0 Å². The number of hydrogen-bond acceptors (Lipinski definition) is 5. The predicted molar refractivity (Wildman–Crippen MR) is 104 cm³/mol. The second-order valence-electron chi connectivity index (χ2n) is 5.82. The Morgan fingerprint density at radius 3 is 2.41 bits per heavy atom. The van der Waals surface area contributed by atoms with E-state index < -0.39 is 0 Å². The number of rotatable bonds is 6. The van der Waals surface area contributed by atoms with Crippen molar-refractivity contribution in [3.8, 4) is 0 Å². The van der Waals surface area contributed by atoms with Crippen LogP contribution in [0.3, 0.4) is 0 Å². The van der Waals surface area contributed by atoms with Crippen LogP contribution in [0.2, 0.25) is 0 Å². The molecule has 0 unspecified atom stereocenters. The average molecular weight is 361 g/mol. The van der Waals surface area contributed by atoms with Crippen molar-refractivity contribution in [2.75, 3.05) is 16.0 Å². The number of hydrogen-bond donors (Lipinski definition) is 3. The van der Waals surface area contributed by atoms with E-state index in [1.54, 1.807) is 48.8 Å². The molecule has 0 spiro atoms. The van der Waals surface area contributed by atoms with Gasteiger partial charge in [-0.05, 0) is 42.5 Å². The highest BCUT2D eigenvalue weighted by Crippen LogP contribution is 2.17. The zero-order valence-corrected chi connectivity index (χ0v) is 14.8. The molecule has 0 bridgehead atoms.